The number of aromatic nitrogens is 2. The van der Waals surface area contributed by atoms with Gasteiger partial charge in [0.25, 0.3) is 0 Å². The average molecular weight is 323 g/mol. The lowest BCUT2D eigenvalue weighted by Crippen LogP contribution is -2.25. The van der Waals surface area contributed by atoms with E-state index in [0.29, 0.717) is 12.3 Å². The molecule has 0 aliphatic rings. The summed E-state index contributed by atoms with van der Waals surface area (Å²) in [4.78, 5) is 20.7. The molecule has 4 nitrogen and oxygen atoms in total. The number of hydrogen-bond donors (Lipinski definition) is 1. The Hall–Kier alpha value is -2.40. The molecule has 116 valence electrons. The summed E-state index contributed by atoms with van der Waals surface area (Å²) in [7, 11) is 0. The predicted octanol–water partition coefficient (Wildman–Crippen LogP) is 3.35. The number of amides is 1. The molecule has 0 radical (unpaired) electrons. The van der Waals surface area contributed by atoms with Crippen molar-refractivity contribution < 1.29 is 4.79 Å². The van der Waals surface area contributed by atoms with Gasteiger partial charge >= 0.3 is 0 Å². The van der Waals surface area contributed by atoms with Gasteiger partial charge in [0.1, 0.15) is 0 Å². The summed E-state index contributed by atoms with van der Waals surface area (Å²) in [6.07, 6.45) is 1.72. The number of rotatable bonds is 5. The molecule has 0 aliphatic heterocycles. The fourth-order valence-corrected chi connectivity index (χ4v) is 3.08. The Labute approximate surface area is 139 Å². The topological polar surface area (TPSA) is 54.9 Å². The monoisotopic (exact) mass is 323 g/mol. The number of nitrogens with zero attached hydrogens (tertiary/aromatic N) is 2. The third-order valence-corrected chi connectivity index (χ3v) is 4.35. The van der Waals surface area contributed by atoms with Crippen molar-refractivity contribution in [1.29, 1.82) is 0 Å². The minimum absolute atomic E-state index is 0.0201. The molecule has 0 bridgehead atoms. The maximum atomic E-state index is 12.0. The first-order chi connectivity index (χ1) is 11.2. The van der Waals surface area contributed by atoms with Gasteiger partial charge in [0.15, 0.2) is 0 Å². The van der Waals surface area contributed by atoms with Crippen LogP contribution in [0.4, 0.5) is 0 Å². The number of hydrogen-bond acceptors (Lipinski definition) is 4. The number of nitrogens with one attached hydrogen (secondary N) is 1. The third kappa shape index (κ3) is 4.07. The lowest BCUT2D eigenvalue weighted by molar-refractivity contribution is -0.118. The van der Waals surface area contributed by atoms with E-state index in [1.54, 1.807) is 6.20 Å². The molecule has 2 aromatic heterocycles. The van der Waals surface area contributed by atoms with Crippen LogP contribution in [0.15, 0.2) is 59.8 Å². The van der Waals surface area contributed by atoms with E-state index in [9.17, 15) is 4.79 Å². The molecule has 3 aromatic rings. The molecule has 0 saturated carbocycles. The molecule has 5 heteroatoms. The smallest absolute Gasteiger partial charge is 0.230 e. The van der Waals surface area contributed by atoms with E-state index in [-0.39, 0.29) is 5.91 Å². The number of para-hydroxylation sites is 1. The van der Waals surface area contributed by atoms with Crippen LogP contribution in [0.5, 0.6) is 0 Å². The first kappa shape index (κ1) is 15.5. The Morgan fingerprint density at radius 3 is 2.83 bits per heavy atom. The first-order valence-electron chi connectivity index (χ1n) is 7.38. The average Bonchev–Trinajstić information content (AvgIpc) is 2.59. The number of aryl methyl sites for hydroxylation is 1. The molecule has 1 N–H and O–H groups in total. The highest BCUT2D eigenvalue weighted by molar-refractivity contribution is 7.99. The largest absolute Gasteiger partial charge is 0.350 e. The van der Waals surface area contributed by atoms with E-state index in [0.717, 1.165) is 21.6 Å². The fourth-order valence-electron chi connectivity index (χ4n) is 2.27. The Kier molecular flexibility index (Phi) is 4.88. The molecule has 1 aromatic carbocycles. The predicted molar refractivity (Wildman–Crippen MR) is 93.3 cm³/mol. The first-order valence-corrected chi connectivity index (χ1v) is 8.37. The Balaban J connectivity index is 1.58. The zero-order chi connectivity index (χ0) is 16.1. The highest BCUT2D eigenvalue weighted by Crippen LogP contribution is 2.23. The second-order valence-electron chi connectivity index (χ2n) is 5.18. The number of benzene rings is 1. The van der Waals surface area contributed by atoms with Gasteiger partial charge in [-0.25, -0.2) is 4.98 Å². The molecule has 0 saturated heterocycles. The minimum Gasteiger partial charge on any atom is -0.350 e. The molecule has 23 heavy (non-hydrogen) atoms. The van der Waals surface area contributed by atoms with E-state index in [1.807, 2.05) is 42.5 Å². The number of carbonyl (C=O) groups is 1. The Bertz CT molecular complexity index is 821. The van der Waals surface area contributed by atoms with Gasteiger partial charge in [-0.3, -0.25) is 9.78 Å². The van der Waals surface area contributed by atoms with Crippen LogP contribution < -0.4 is 5.32 Å². The maximum Gasteiger partial charge on any atom is 0.230 e. The van der Waals surface area contributed by atoms with Crippen molar-refractivity contribution in [2.75, 3.05) is 5.75 Å². The van der Waals surface area contributed by atoms with Crippen molar-refractivity contribution in [3.8, 4) is 0 Å². The van der Waals surface area contributed by atoms with Gasteiger partial charge < -0.3 is 5.32 Å². The van der Waals surface area contributed by atoms with Crippen molar-refractivity contribution in [3.05, 3.63) is 66.0 Å². The van der Waals surface area contributed by atoms with Crippen LogP contribution in [0.3, 0.4) is 0 Å². The van der Waals surface area contributed by atoms with Crippen LogP contribution in [0.25, 0.3) is 10.9 Å². The summed E-state index contributed by atoms with van der Waals surface area (Å²) in [5, 5.41) is 4.89. The summed E-state index contributed by atoms with van der Waals surface area (Å²) >= 11 is 1.45. The normalized spacial score (nSPS) is 10.7. The lowest BCUT2D eigenvalue weighted by atomic mass is 10.1. The van der Waals surface area contributed by atoms with Crippen molar-refractivity contribution in [1.82, 2.24) is 15.3 Å². The Morgan fingerprint density at radius 1 is 1.17 bits per heavy atom. The van der Waals surface area contributed by atoms with Crippen molar-refractivity contribution in [2.45, 2.75) is 18.5 Å². The highest BCUT2D eigenvalue weighted by Gasteiger charge is 2.06. The minimum atomic E-state index is -0.0201. The molecule has 2 heterocycles. The summed E-state index contributed by atoms with van der Waals surface area (Å²) in [6.45, 7) is 2.51. The summed E-state index contributed by atoms with van der Waals surface area (Å²) < 4.78 is 0. The van der Waals surface area contributed by atoms with Gasteiger partial charge in [-0.2, -0.15) is 0 Å². The fraction of sp³-hybridized carbons (Fsp3) is 0.167. The Morgan fingerprint density at radius 2 is 2.00 bits per heavy atom. The van der Waals surface area contributed by atoms with Crippen LogP contribution in [-0.2, 0) is 11.3 Å². The molecule has 0 atom stereocenters. The summed E-state index contributed by atoms with van der Waals surface area (Å²) in [6, 6.07) is 15.7. The number of thioether (sulfide) groups is 1. The van der Waals surface area contributed by atoms with E-state index >= 15 is 0 Å². The highest BCUT2D eigenvalue weighted by atomic mass is 32.2. The lowest BCUT2D eigenvalue weighted by Gasteiger charge is -2.07. The van der Waals surface area contributed by atoms with Gasteiger partial charge in [-0.15, -0.1) is 0 Å². The molecule has 1 amide bonds. The SMILES string of the molecule is Cc1cc(SCC(=O)NCc2ccccn2)nc2ccccc12. The van der Waals surface area contributed by atoms with Gasteiger partial charge in [-0.05, 0) is 36.8 Å². The molecule has 0 fully saturated rings. The molecule has 3 rings (SSSR count). The molecule has 0 spiro atoms. The van der Waals surface area contributed by atoms with E-state index in [2.05, 4.69) is 28.3 Å². The number of fused-ring (bicyclic) bond motifs is 1. The molecular formula is C18H17N3OS. The van der Waals surface area contributed by atoms with Crippen LogP contribution in [0.2, 0.25) is 0 Å². The van der Waals surface area contributed by atoms with Gasteiger partial charge in [0, 0.05) is 11.6 Å². The zero-order valence-corrected chi connectivity index (χ0v) is 13.6. The quantitative estimate of drug-likeness (QED) is 0.732. The number of pyridine rings is 2. The maximum absolute atomic E-state index is 12.0. The van der Waals surface area contributed by atoms with Gasteiger partial charge in [0.2, 0.25) is 5.91 Å². The molecular weight excluding hydrogens is 306 g/mol. The zero-order valence-electron chi connectivity index (χ0n) is 12.8. The van der Waals surface area contributed by atoms with E-state index in [4.69, 9.17) is 0 Å². The summed E-state index contributed by atoms with van der Waals surface area (Å²) in [5.41, 5.74) is 2.99. The summed E-state index contributed by atoms with van der Waals surface area (Å²) in [5.74, 6) is 0.325. The van der Waals surface area contributed by atoms with Crippen molar-refractivity contribution >= 4 is 28.6 Å². The molecule has 0 unspecified atom stereocenters. The van der Waals surface area contributed by atoms with Crippen molar-refractivity contribution in [2.24, 2.45) is 0 Å². The standard InChI is InChI=1S/C18H17N3OS/c1-13-10-18(21-16-8-3-2-7-15(13)16)23-12-17(22)20-11-14-6-4-5-9-19-14/h2-10H,11-12H2,1H3,(H,20,22). The van der Waals surface area contributed by atoms with Gasteiger partial charge in [-0.1, -0.05) is 36.0 Å². The van der Waals surface area contributed by atoms with Crippen LogP contribution in [0, 0.1) is 6.92 Å². The van der Waals surface area contributed by atoms with Crippen molar-refractivity contribution in [3.63, 3.8) is 0 Å². The second kappa shape index (κ2) is 7.24. The third-order valence-electron chi connectivity index (χ3n) is 3.44. The van der Waals surface area contributed by atoms with E-state index < -0.39 is 0 Å². The number of carbonyl (C=O) groups excluding carboxylic acids is 1. The van der Waals surface area contributed by atoms with Gasteiger partial charge in [0.05, 0.1) is 28.5 Å². The van der Waals surface area contributed by atoms with E-state index in [1.165, 1.54) is 17.3 Å². The second-order valence-corrected chi connectivity index (χ2v) is 6.18. The van der Waals surface area contributed by atoms with Crippen LogP contribution in [-0.4, -0.2) is 21.6 Å². The molecule has 0 aliphatic carbocycles. The van der Waals surface area contributed by atoms with Crippen LogP contribution in [0.1, 0.15) is 11.3 Å². The van der Waals surface area contributed by atoms with Crippen LogP contribution >= 0.6 is 11.8 Å².